The molecule has 0 saturated carbocycles. The van der Waals surface area contributed by atoms with Gasteiger partial charge in [0.1, 0.15) is 12.0 Å². The first-order chi connectivity index (χ1) is 13.2. The van der Waals surface area contributed by atoms with Crippen molar-refractivity contribution in [1.82, 2.24) is 14.9 Å². The zero-order valence-corrected chi connectivity index (χ0v) is 17.1. The molecule has 0 aliphatic carbocycles. The zero-order valence-electron chi connectivity index (χ0n) is 15.6. The monoisotopic (exact) mass is 427 g/mol. The summed E-state index contributed by atoms with van der Waals surface area (Å²) in [5, 5.41) is 22.9. The van der Waals surface area contributed by atoms with Crippen LogP contribution in [0.2, 0.25) is 10.0 Å². The molecule has 2 rings (SSSR count). The van der Waals surface area contributed by atoms with E-state index in [2.05, 4.69) is 10.3 Å². The number of carboxylic acid groups (broad SMARTS) is 2. The Kier molecular flexibility index (Phi) is 7.86. The predicted molar refractivity (Wildman–Crippen MR) is 107 cm³/mol. The van der Waals surface area contributed by atoms with E-state index >= 15 is 0 Å². The van der Waals surface area contributed by atoms with Gasteiger partial charge >= 0.3 is 11.9 Å². The molecule has 9 heteroatoms. The van der Waals surface area contributed by atoms with Crippen LogP contribution < -0.4 is 5.32 Å². The van der Waals surface area contributed by atoms with Crippen molar-refractivity contribution >= 4 is 35.1 Å². The third-order valence-electron chi connectivity index (χ3n) is 4.25. The molecule has 7 nitrogen and oxygen atoms in total. The van der Waals surface area contributed by atoms with Gasteiger partial charge in [-0.15, -0.1) is 0 Å². The summed E-state index contributed by atoms with van der Waals surface area (Å²) in [5.41, 5.74) is 1.27. The smallest absolute Gasteiger partial charge is 0.320 e. The number of carbonyl (C=O) groups is 2. The Balaban J connectivity index is 2.19. The first-order valence-electron chi connectivity index (χ1n) is 8.81. The average molecular weight is 428 g/mol. The van der Waals surface area contributed by atoms with Crippen molar-refractivity contribution in [1.29, 1.82) is 0 Å². The summed E-state index contributed by atoms with van der Waals surface area (Å²) in [4.78, 5) is 27.3. The maximum absolute atomic E-state index is 11.8. The lowest BCUT2D eigenvalue weighted by atomic mass is 10.0. The van der Waals surface area contributed by atoms with Gasteiger partial charge in [0.25, 0.3) is 0 Å². The number of hydrogen-bond donors (Lipinski definition) is 3. The van der Waals surface area contributed by atoms with Crippen LogP contribution in [0.3, 0.4) is 0 Å². The van der Waals surface area contributed by atoms with Gasteiger partial charge in [0, 0.05) is 29.3 Å². The van der Waals surface area contributed by atoms with Gasteiger partial charge in [-0.25, -0.2) is 4.98 Å². The molecule has 1 heterocycles. The Hall–Kier alpha value is -2.09. The molecule has 2 unspecified atom stereocenters. The molecule has 0 fully saturated rings. The summed E-state index contributed by atoms with van der Waals surface area (Å²) < 4.78 is 1.70. The number of halogens is 2. The van der Waals surface area contributed by atoms with Crippen molar-refractivity contribution in [3.8, 4) is 0 Å². The van der Waals surface area contributed by atoms with Crippen molar-refractivity contribution in [2.75, 3.05) is 6.54 Å². The van der Waals surface area contributed by atoms with Gasteiger partial charge in [-0.05, 0) is 36.1 Å². The van der Waals surface area contributed by atoms with E-state index in [0.29, 0.717) is 28.7 Å². The normalized spacial score (nSPS) is 13.5. The number of nitrogens with zero attached hydrogens (tertiary/aromatic N) is 2. The second-order valence-corrected chi connectivity index (χ2v) is 7.92. The number of aromatic nitrogens is 2. The van der Waals surface area contributed by atoms with Crippen LogP contribution in [-0.4, -0.2) is 44.3 Å². The van der Waals surface area contributed by atoms with Crippen LogP contribution in [0.15, 0.2) is 30.7 Å². The van der Waals surface area contributed by atoms with Crippen LogP contribution >= 0.6 is 23.2 Å². The van der Waals surface area contributed by atoms with E-state index in [4.69, 9.17) is 23.2 Å². The van der Waals surface area contributed by atoms with Crippen molar-refractivity contribution in [2.45, 2.75) is 38.8 Å². The third-order valence-corrected chi connectivity index (χ3v) is 4.68. The Bertz CT molecular complexity index is 818. The van der Waals surface area contributed by atoms with Crippen molar-refractivity contribution in [2.24, 2.45) is 5.92 Å². The molecule has 0 amide bonds. The molecule has 1 aromatic carbocycles. The van der Waals surface area contributed by atoms with E-state index in [1.165, 1.54) is 12.5 Å². The highest BCUT2D eigenvalue weighted by molar-refractivity contribution is 6.34. The number of rotatable bonds is 10. The number of hydrogen-bond acceptors (Lipinski definition) is 4. The molecule has 0 aliphatic heterocycles. The number of aliphatic carboxylic acids is 2. The summed E-state index contributed by atoms with van der Waals surface area (Å²) in [5.74, 6) is -2.85. The van der Waals surface area contributed by atoms with Crippen molar-refractivity contribution in [3.05, 3.63) is 52.0 Å². The molecule has 28 heavy (non-hydrogen) atoms. The van der Waals surface area contributed by atoms with Gasteiger partial charge in [-0.1, -0.05) is 37.0 Å². The quantitative estimate of drug-likeness (QED) is 0.535. The lowest BCUT2D eigenvalue weighted by Gasteiger charge is -2.20. The first-order valence-corrected chi connectivity index (χ1v) is 9.57. The SMILES string of the molecule is CC(C)CC(NCC(C(=O)O)c1cncn1Cc1cc(Cl)cc(Cl)c1)C(=O)O. The van der Waals surface area contributed by atoms with Gasteiger partial charge < -0.3 is 20.1 Å². The van der Waals surface area contributed by atoms with Crippen molar-refractivity contribution < 1.29 is 19.8 Å². The van der Waals surface area contributed by atoms with Gasteiger partial charge in [-0.2, -0.15) is 0 Å². The minimum absolute atomic E-state index is 0.0268. The van der Waals surface area contributed by atoms with Gasteiger partial charge in [0.15, 0.2) is 0 Å². The second-order valence-electron chi connectivity index (χ2n) is 7.04. The molecule has 0 radical (unpaired) electrons. The minimum atomic E-state index is -1.06. The lowest BCUT2D eigenvalue weighted by Crippen LogP contribution is -2.41. The van der Waals surface area contributed by atoms with Crippen LogP contribution in [0.1, 0.15) is 37.4 Å². The molecule has 0 bridgehead atoms. The minimum Gasteiger partial charge on any atom is -0.481 e. The van der Waals surface area contributed by atoms with Gasteiger partial charge in [0.2, 0.25) is 0 Å². The zero-order chi connectivity index (χ0) is 20.8. The van der Waals surface area contributed by atoms with Crippen LogP contribution in [0, 0.1) is 5.92 Å². The largest absolute Gasteiger partial charge is 0.481 e. The van der Waals surface area contributed by atoms with Crippen molar-refractivity contribution in [3.63, 3.8) is 0 Å². The highest BCUT2D eigenvalue weighted by atomic mass is 35.5. The van der Waals surface area contributed by atoms with E-state index in [1.54, 1.807) is 22.8 Å². The van der Waals surface area contributed by atoms with E-state index in [1.807, 2.05) is 13.8 Å². The highest BCUT2D eigenvalue weighted by Crippen LogP contribution is 2.22. The summed E-state index contributed by atoms with van der Waals surface area (Å²) in [7, 11) is 0. The fourth-order valence-corrected chi connectivity index (χ4v) is 3.54. The summed E-state index contributed by atoms with van der Waals surface area (Å²) in [6, 6.07) is 4.29. The van der Waals surface area contributed by atoms with E-state index < -0.39 is 23.9 Å². The van der Waals surface area contributed by atoms with E-state index in [9.17, 15) is 19.8 Å². The van der Waals surface area contributed by atoms with Gasteiger partial charge in [0.05, 0.1) is 12.0 Å². The Morgan fingerprint density at radius 3 is 2.32 bits per heavy atom. The Morgan fingerprint density at radius 1 is 1.14 bits per heavy atom. The van der Waals surface area contributed by atoms with Crippen LogP contribution in [0.5, 0.6) is 0 Å². The van der Waals surface area contributed by atoms with Crippen LogP contribution in [0.4, 0.5) is 0 Å². The van der Waals surface area contributed by atoms with E-state index in [0.717, 1.165) is 5.56 Å². The van der Waals surface area contributed by atoms with Crippen LogP contribution in [0.25, 0.3) is 0 Å². The van der Waals surface area contributed by atoms with E-state index in [-0.39, 0.29) is 12.5 Å². The average Bonchev–Trinajstić information content (AvgIpc) is 3.00. The first kappa shape index (κ1) is 22.2. The Morgan fingerprint density at radius 2 is 1.79 bits per heavy atom. The number of nitrogens with one attached hydrogen (secondary N) is 1. The molecular weight excluding hydrogens is 405 g/mol. The molecule has 2 aromatic rings. The standard InChI is InChI=1S/C19H23Cl2N3O4/c1-11(2)3-16(19(27)28)23-7-15(18(25)26)17-8-22-10-24(17)9-12-4-13(20)6-14(21)5-12/h4-6,8,10-11,15-16,23H,3,7,9H2,1-2H3,(H,25,26)(H,27,28). The second kappa shape index (κ2) is 9.91. The molecule has 1 aromatic heterocycles. The molecule has 0 aliphatic rings. The summed E-state index contributed by atoms with van der Waals surface area (Å²) >= 11 is 12.1. The molecular formula is C19H23Cl2N3O4. The third kappa shape index (κ3) is 6.22. The molecule has 152 valence electrons. The maximum atomic E-state index is 11.8. The van der Waals surface area contributed by atoms with Crippen LogP contribution in [-0.2, 0) is 16.1 Å². The Labute approximate surface area is 173 Å². The summed E-state index contributed by atoms with van der Waals surface area (Å²) in [6.45, 7) is 4.14. The predicted octanol–water partition coefficient (Wildman–Crippen LogP) is 3.50. The highest BCUT2D eigenvalue weighted by Gasteiger charge is 2.27. The maximum Gasteiger partial charge on any atom is 0.320 e. The fourth-order valence-electron chi connectivity index (χ4n) is 2.97. The number of benzene rings is 1. The fraction of sp³-hybridized carbons (Fsp3) is 0.421. The topological polar surface area (TPSA) is 104 Å². The number of carboxylic acids is 2. The lowest BCUT2D eigenvalue weighted by molar-refractivity contribution is -0.142. The molecule has 0 saturated heterocycles. The summed E-state index contributed by atoms with van der Waals surface area (Å²) in [6.07, 6.45) is 3.41. The molecule has 2 atom stereocenters. The van der Waals surface area contributed by atoms with Gasteiger partial charge in [-0.3, -0.25) is 9.59 Å². The molecule has 3 N–H and O–H groups in total. The number of imidazole rings is 1. The molecule has 0 spiro atoms.